The van der Waals surface area contributed by atoms with Crippen LogP contribution < -0.4 is 5.32 Å². The largest absolute Gasteiger partial charge is 0.467 e. The van der Waals surface area contributed by atoms with Crippen LogP contribution in [0.3, 0.4) is 0 Å². The number of fused-ring (bicyclic) bond motifs is 1. The molecule has 0 radical (unpaired) electrons. The van der Waals surface area contributed by atoms with Crippen LogP contribution in [0.5, 0.6) is 0 Å². The lowest BCUT2D eigenvalue weighted by Crippen LogP contribution is -2.41. The summed E-state index contributed by atoms with van der Waals surface area (Å²) >= 11 is 0. The molecule has 9 nitrogen and oxygen atoms in total. The SMILES string of the molecule is C[C@@H]1c2nc(C(=O)NCc3ccco3)cn2CCN1S(=O)(=O)c1cccnc1. The van der Waals surface area contributed by atoms with Crippen LogP contribution in [0.15, 0.2) is 58.4 Å². The summed E-state index contributed by atoms with van der Waals surface area (Å²) in [5, 5.41) is 2.74. The summed E-state index contributed by atoms with van der Waals surface area (Å²) in [5.74, 6) is 0.827. The third-order valence-electron chi connectivity index (χ3n) is 4.65. The number of hydrogen-bond acceptors (Lipinski definition) is 6. The van der Waals surface area contributed by atoms with Crippen LogP contribution in [0.4, 0.5) is 0 Å². The van der Waals surface area contributed by atoms with Gasteiger partial charge >= 0.3 is 0 Å². The molecule has 1 aliphatic rings. The van der Waals surface area contributed by atoms with Gasteiger partial charge < -0.3 is 14.3 Å². The number of sulfonamides is 1. The van der Waals surface area contributed by atoms with Gasteiger partial charge in [-0.15, -0.1) is 0 Å². The fraction of sp³-hybridized carbons (Fsp3) is 0.278. The number of pyridine rings is 1. The molecule has 1 N–H and O–H groups in total. The van der Waals surface area contributed by atoms with Crippen LogP contribution in [0.25, 0.3) is 0 Å². The molecule has 0 aliphatic carbocycles. The van der Waals surface area contributed by atoms with Crippen LogP contribution in [-0.4, -0.2) is 39.7 Å². The van der Waals surface area contributed by atoms with Gasteiger partial charge in [-0.1, -0.05) is 0 Å². The van der Waals surface area contributed by atoms with Crippen molar-refractivity contribution in [2.45, 2.75) is 31.0 Å². The maximum Gasteiger partial charge on any atom is 0.271 e. The van der Waals surface area contributed by atoms with Crippen molar-refractivity contribution < 1.29 is 17.6 Å². The smallest absolute Gasteiger partial charge is 0.271 e. The number of nitrogens with one attached hydrogen (secondary N) is 1. The number of rotatable bonds is 5. The zero-order valence-corrected chi connectivity index (χ0v) is 16.0. The molecule has 0 spiro atoms. The molecule has 1 amide bonds. The predicted molar refractivity (Wildman–Crippen MR) is 98.6 cm³/mol. The summed E-state index contributed by atoms with van der Waals surface area (Å²) in [7, 11) is -3.70. The molecule has 4 rings (SSSR count). The van der Waals surface area contributed by atoms with Crippen molar-refractivity contribution in [1.29, 1.82) is 0 Å². The van der Waals surface area contributed by atoms with E-state index in [2.05, 4.69) is 15.3 Å². The number of imidazole rings is 1. The van der Waals surface area contributed by atoms with Crippen molar-refractivity contribution in [1.82, 2.24) is 24.2 Å². The van der Waals surface area contributed by atoms with Crippen LogP contribution >= 0.6 is 0 Å². The normalized spacial score (nSPS) is 17.2. The Hall–Kier alpha value is -2.98. The van der Waals surface area contributed by atoms with E-state index in [0.29, 0.717) is 18.1 Å². The lowest BCUT2D eigenvalue weighted by Gasteiger charge is -2.32. The van der Waals surface area contributed by atoms with Gasteiger partial charge in [0.1, 0.15) is 22.2 Å². The van der Waals surface area contributed by atoms with Gasteiger partial charge in [-0.2, -0.15) is 4.31 Å². The lowest BCUT2D eigenvalue weighted by atomic mass is 10.2. The molecule has 0 saturated carbocycles. The minimum absolute atomic E-state index is 0.137. The van der Waals surface area contributed by atoms with E-state index in [1.807, 2.05) is 4.57 Å². The van der Waals surface area contributed by atoms with E-state index in [9.17, 15) is 13.2 Å². The van der Waals surface area contributed by atoms with Crippen molar-refractivity contribution in [2.24, 2.45) is 0 Å². The summed E-state index contributed by atoms with van der Waals surface area (Å²) in [4.78, 5) is 20.8. The van der Waals surface area contributed by atoms with E-state index < -0.39 is 16.1 Å². The molecule has 0 bridgehead atoms. The average molecular weight is 401 g/mol. The van der Waals surface area contributed by atoms with Crippen LogP contribution in [0.1, 0.15) is 35.0 Å². The molecular formula is C18H19N5O4S. The van der Waals surface area contributed by atoms with Crippen molar-refractivity contribution in [2.75, 3.05) is 6.54 Å². The monoisotopic (exact) mass is 401 g/mol. The summed E-state index contributed by atoms with van der Waals surface area (Å²) in [5.41, 5.74) is 0.244. The molecule has 28 heavy (non-hydrogen) atoms. The maximum atomic E-state index is 12.9. The van der Waals surface area contributed by atoms with Crippen LogP contribution in [0.2, 0.25) is 0 Å². The predicted octanol–water partition coefficient (Wildman–Crippen LogP) is 1.57. The Morgan fingerprint density at radius 3 is 2.89 bits per heavy atom. The zero-order chi connectivity index (χ0) is 19.7. The third-order valence-corrected chi connectivity index (χ3v) is 6.60. The Morgan fingerprint density at radius 1 is 1.32 bits per heavy atom. The molecular weight excluding hydrogens is 382 g/mol. The quantitative estimate of drug-likeness (QED) is 0.695. The van der Waals surface area contributed by atoms with Gasteiger partial charge in [0, 0.05) is 31.7 Å². The Kier molecular flexibility index (Phi) is 4.73. The van der Waals surface area contributed by atoms with Crippen LogP contribution in [-0.2, 0) is 23.1 Å². The Bertz CT molecular complexity index is 1080. The Labute approximate surface area is 162 Å². The van der Waals surface area contributed by atoms with E-state index in [1.54, 1.807) is 31.3 Å². The highest BCUT2D eigenvalue weighted by atomic mass is 32.2. The van der Waals surface area contributed by atoms with Gasteiger partial charge in [0.15, 0.2) is 0 Å². The fourth-order valence-electron chi connectivity index (χ4n) is 3.22. The first-order valence-corrected chi connectivity index (χ1v) is 10.2. The molecule has 1 aliphatic heterocycles. The summed E-state index contributed by atoms with van der Waals surface area (Å²) in [6.07, 6.45) is 6.04. The molecule has 1 atom stereocenters. The van der Waals surface area contributed by atoms with Gasteiger partial charge in [-0.25, -0.2) is 13.4 Å². The minimum atomic E-state index is -3.70. The van der Waals surface area contributed by atoms with E-state index in [0.717, 1.165) is 0 Å². The molecule has 0 unspecified atom stereocenters. The van der Waals surface area contributed by atoms with E-state index in [1.165, 1.54) is 29.0 Å². The molecule has 0 fully saturated rings. The van der Waals surface area contributed by atoms with Gasteiger partial charge in [-0.05, 0) is 31.2 Å². The van der Waals surface area contributed by atoms with Crippen molar-refractivity contribution in [3.63, 3.8) is 0 Å². The molecule has 10 heteroatoms. The standard InChI is InChI=1S/C18H19N5O4S/c1-13-17-21-16(18(24)20-10-14-4-3-9-27-14)12-22(17)7-8-23(13)28(25,26)15-5-2-6-19-11-15/h2-6,9,11-13H,7-8,10H2,1H3,(H,20,24)/t13-/m1/s1. The second kappa shape index (κ2) is 7.21. The van der Waals surface area contributed by atoms with E-state index in [-0.39, 0.29) is 29.6 Å². The minimum Gasteiger partial charge on any atom is -0.467 e. The Morgan fingerprint density at radius 2 is 2.18 bits per heavy atom. The molecule has 4 heterocycles. The van der Waals surface area contributed by atoms with Crippen molar-refractivity contribution in [3.8, 4) is 0 Å². The first-order chi connectivity index (χ1) is 13.5. The number of carbonyl (C=O) groups excluding carboxylic acids is 1. The first kappa shape index (κ1) is 18.4. The number of amides is 1. The van der Waals surface area contributed by atoms with Crippen molar-refractivity contribution >= 4 is 15.9 Å². The highest BCUT2D eigenvalue weighted by Gasteiger charge is 2.36. The molecule has 0 aromatic carbocycles. The van der Waals surface area contributed by atoms with Gasteiger partial charge in [0.05, 0.1) is 18.8 Å². The number of nitrogens with zero attached hydrogens (tertiary/aromatic N) is 4. The molecule has 146 valence electrons. The summed E-state index contributed by atoms with van der Waals surface area (Å²) in [6, 6.07) is 6.11. The highest BCUT2D eigenvalue weighted by Crippen LogP contribution is 2.30. The van der Waals surface area contributed by atoms with Gasteiger partial charge in [0.2, 0.25) is 10.0 Å². The second-order valence-corrected chi connectivity index (χ2v) is 8.31. The van der Waals surface area contributed by atoms with E-state index in [4.69, 9.17) is 4.42 Å². The molecule has 0 saturated heterocycles. The number of hydrogen-bond donors (Lipinski definition) is 1. The topological polar surface area (TPSA) is 110 Å². The maximum absolute atomic E-state index is 12.9. The highest BCUT2D eigenvalue weighted by molar-refractivity contribution is 7.89. The molecule has 3 aromatic rings. The Balaban J connectivity index is 1.54. The number of aromatic nitrogens is 3. The van der Waals surface area contributed by atoms with Crippen molar-refractivity contribution in [3.05, 3.63) is 66.4 Å². The van der Waals surface area contributed by atoms with E-state index >= 15 is 0 Å². The third kappa shape index (κ3) is 3.32. The van der Waals surface area contributed by atoms with Gasteiger partial charge in [0.25, 0.3) is 5.91 Å². The average Bonchev–Trinajstić information content (AvgIpc) is 3.37. The molecule has 3 aromatic heterocycles. The lowest BCUT2D eigenvalue weighted by molar-refractivity contribution is 0.0943. The van der Waals surface area contributed by atoms with Gasteiger partial charge in [-0.3, -0.25) is 9.78 Å². The first-order valence-electron chi connectivity index (χ1n) is 8.76. The summed E-state index contributed by atoms with van der Waals surface area (Å²) in [6.45, 7) is 2.72. The second-order valence-electron chi connectivity index (χ2n) is 6.42. The van der Waals surface area contributed by atoms with Crippen LogP contribution in [0, 0.1) is 0 Å². The number of furan rings is 1. The number of carbonyl (C=O) groups is 1. The fourth-order valence-corrected chi connectivity index (χ4v) is 4.76. The zero-order valence-electron chi connectivity index (χ0n) is 15.1. The summed E-state index contributed by atoms with van der Waals surface area (Å²) < 4.78 is 34.3.